The average Bonchev–Trinajstić information content (AvgIpc) is 2.73. The monoisotopic (exact) mass is 441 g/mol. The maximum Gasteiger partial charge on any atom is 0.240 e. The standard InChI is InChI=1S/C24H43NO4S/c1-3-4-5-6-7-8-9-10-11-12-13-14-15-24(27)23(20-26)25-30(28,29)22-18-16-21(2)17-19-22/h16-19,23-27H,3-15,20H2,1-2H3/t23-,24-/m1/s1. The molecule has 0 amide bonds. The second kappa shape index (κ2) is 15.8. The summed E-state index contributed by atoms with van der Waals surface area (Å²) in [6.45, 7) is 3.70. The van der Waals surface area contributed by atoms with E-state index in [0.29, 0.717) is 6.42 Å². The minimum atomic E-state index is -3.76. The van der Waals surface area contributed by atoms with Gasteiger partial charge in [-0.2, -0.15) is 0 Å². The van der Waals surface area contributed by atoms with Gasteiger partial charge in [0.05, 0.1) is 23.6 Å². The molecule has 0 saturated heterocycles. The zero-order valence-corrected chi connectivity index (χ0v) is 19.8. The number of benzene rings is 1. The molecule has 174 valence electrons. The molecule has 2 atom stereocenters. The number of sulfonamides is 1. The minimum Gasteiger partial charge on any atom is -0.395 e. The number of hydrogen-bond donors (Lipinski definition) is 3. The smallest absolute Gasteiger partial charge is 0.240 e. The maximum atomic E-state index is 12.5. The van der Waals surface area contributed by atoms with Crippen molar-refractivity contribution in [1.82, 2.24) is 4.72 Å². The van der Waals surface area contributed by atoms with Crippen molar-refractivity contribution in [2.24, 2.45) is 0 Å². The van der Waals surface area contributed by atoms with E-state index in [2.05, 4.69) is 11.6 Å². The lowest BCUT2D eigenvalue weighted by Crippen LogP contribution is -2.45. The zero-order chi connectivity index (χ0) is 22.2. The van der Waals surface area contributed by atoms with Crippen molar-refractivity contribution in [3.05, 3.63) is 29.8 Å². The first kappa shape index (κ1) is 27.1. The van der Waals surface area contributed by atoms with Crippen LogP contribution in [0.15, 0.2) is 29.2 Å². The largest absolute Gasteiger partial charge is 0.395 e. The highest BCUT2D eigenvalue weighted by Crippen LogP contribution is 2.15. The van der Waals surface area contributed by atoms with E-state index >= 15 is 0 Å². The molecule has 0 heterocycles. The van der Waals surface area contributed by atoms with Gasteiger partial charge in [-0.25, -0.2) is 13.1 Å². The molecule has 0 fully saturated rings. The van der Waals surface area contributed by atoms with Crippen molar-refractivity contribution in [2.45, 2.75) is 114 Å². The number of aliphatic hydroxyl groups excluding tert-OH is 2. The van der Waals surface area contributed by atoms with Crippen molar-refractivity contribution in [1.29, 1.82) is 0 Å². The summed E-state index contributed by atoms with van der Waals surface area (Å²) in [5.41, 5.74) is 0.972. The topological polar surface area (TPSA) is 86.6 Å². The number of nitrogens with one attached hydrogen (secondary N) is 1. The van der Waals surface area contributed by atoms with Crippen LogP contribution < -0.4 is 4.72 Å². The van der Waals surface area contributed by atoms with Crippen LogP contribution in [0, 0.1) is 6.92 Å². The molecule has 1 aromatic carbocycles. The molecule has 0 radical (unpaired) electrons. The summed E-state index contributed by atoms with van der Waals surface area (Å²) in [6, 6.07) is 5.63. The molecule has 30 heavy (non-hydrogen) atoms. The van der Waals surface area contributed by atoms with Gasteiger partial charge in [-0.1, -0.05) is 102 Å². The molecule has 0 aliphatic rings. The minimum absolute atomic E-state index is 0.143. The molecule has 0 aliphatic heterocycles. The van der Waals surface area contributed by atoms with Crippen molar-refractivity contribution < 1.29 is 18.6 Å². The molecule has 0 aliphatic carbocycles. The summed E-state index contributed by atoms with van der Waals surface area (Å²) in [7, 11) is -3.76. The predicted molar refractivity (Wildman–Crippen MR) is 124 cm³/mol. The Morgan fingerprint density at radius 3 is 1.77 bits per heavy atom. The van der Waals surface area contributed by atoms with Crippen LogP contribution in [-0.2, 0) is 10.0 Å². The Bertz CT molecular complexity index is 646. The van der Waals surface area contributed by atoms with Crippen LogP contribution in [0.25, 0.3) is 0 Å². The van der Waals surface area contributed by atoms with Gasteiger partial charge in [0.2, 0.25) is 10.0 Å². The fraction of sp³-hybridized carbons (Fsp3) is 0.750. The summed E-state index contributed by atoms with van der Waals surface area (Å²) >= 11 is 0. The van der Waals surface area contributed by atoms with Gasteiger partial charge in [-0.15, -0.1) is 0 Å². The van der Waals surface area contributed by atoms with E-state index in [4.69, 9.17) is 0 Å². The fourth-order valence-corrected chi connectivity index (χ4v) is 4.88. The van der Waals surface area contributed by atoms with Crippen LogP contribution in [0.3, 0.4) is 0 Å². The molecule has 0 aromatic heterocycles. The van der Waals surface area contributed by atoms with Gasteiger partial charge in [0, 0.05) is 0 Å². The molecule has 5 nitrogen and oxygen atoms in total. The molecule has 1 rings (SSSR count). The number of hydrogen-bond acceptors (Lipinski definition) is 4. The van der Waals surface area contributed by atoms with Crippen LogP contribution in [0.5, 0.6) is 0 Å². The number of aryl methyl sites for hydroxylation is 1. The summed E-state index contributed by atoms with van der Waals surface area (Å²) in [6.07, 6.45) is 14.5. The average molecular weight is 442 g/mol. The summed E-state index contributed by atoms with van der Waals surface area (Å²) in [5.74, 6) is 0. The van der Waals surface area contributed by atoms with Crippen LogP contribution >= 0.6 is 0 Å². The van der Waals surface area contributed by atoms with Gasteiger partial charge in [0.25, 0.3) is 0 Å². The fourth-order valence-electron chi connectivity index (χ4n) is 3.62. The van der Waals surface area contributed by atoms with Crippen molar-refractivity contribution in [3.63, 3.8) is 0 Å². The van der Waals surface area contributed by atoms with Crippen LogP contribution in [0.4, 0.5) is 0 Å². The number of unbranched alkanes of at least 4 members (excludes halogenated alkanes) is 11. The van der Waals surface area contributed by atoms with Crippen molar-refractivity contribution in [2.75, 3.05) is 6.61 Å². The van der Waals surface area contributed by atoms with E-state index < -0.39 is 28.8 Å². The van der Waals surface area contributed by atoms with E-state index in [9.17, 15) is 18.6 Å². The predicted octanol–water partition coefficient (Wildman–Crippen LogP) is 5.09. The quantitative estimate of drug-likeness (QED) is 0.277. The molecule has 6 heteroatoms. The molecule has 0 bridgehead atoms. The van der Waals surface area contributed by atoms with E-state index in [1.807, 2.05) is 6.92 Å². The Labute approximate surface area is 184 Å². The SMILES string of the molecule is CCCCCCCCCCCCCC[C@@H](O)[C@@H](CO)NS(=O)(=O)c1ccc(C)cc1. The molecule has 0 spiro atoms. The summed E-state index contributed by atoms with van der Waals surface area (Å²) in [4.78, 5) is 0.143. The molecule has 0 unspecified atom stereocenters. The summed E-state index contributed by atoms with van der Waals surface area (Å²) in [5, 5.41) is 19.9. The normalized spacial score (nSPS) is 14.0. The molecular weight excluding hydrogens is 398 g/mol. The van der Waals surface area contributed by atoms with Gasteiger partial charge in [-0.3, -0.25) is 0 Å². The third kappa shape index (κ3) is 11.4. The lowest BCUT2D eigenvalue weighted by Gasteiger charge is -2.22. The maximum absolute atomic E-state index is 12.5. The highest BCUT2D eigenvalue weighted by atomic mass is 32.2. The second-order valence-corrected chi connectivity index (χ2v) is 10.2. The van der Waals surface area contributed by atoms with Crippen LogP contribution in [0.2, 0.25) is 0 Å². The van der Waals surface area contributed by atoms with Gasteiger partial charge >= 0.3 is 0 Å². The van der Waals surface area contributed by atoms with E-state index in [-0.39, 0.29) is 4.90 Å². The second-order valence-electron chi connectivity index (χ2n) is 8.47. The van der Waals surface area contributed by atoms with Gasteiger partial charge in [-0.05, 0) is 25.5 Å². The van der Waals surface area contributed by atoms with Gasteiger partial charge in [0.15, 0.2) is 0 Å². The Kier molecular flexibility index (Phi) is 14.3. The Balaban J connectivity index is 2.18. The highest BCUT2D eigenvalue weighted by molar-refractivity contribution is 7.89. The van der Waals surface area contributed by atoms with Crippen LogP contribution in [-0.4, -0.2) is 37.4 Å². The summed E-state index contributed by atoms with van der Waals surface area (Å²) < 4.78 is 27.4. The third-order valence-corrected chi connectivity index (χ3v) is 7.16. The van der Waals surface area contributed by atoms with Crippen molar-refractivity contribution in [3.8, 4) is 0 Å². The highest BCUT2D eigenvalue weighted by Gasteiger charge is 2.25. The van der Waals surface area contributed by atoms with Crippen LogP contribution in [0.1, 0.15) is 96.0 Å². The third-order valence-electron chi connectivity index (χ3n) is 5.65. The first-order valence-electron chi connectivity index (χ1n) is 11.8. The van der Waals surface area contributed by atoms with E-state index in [1.54, 1.807) is 12.1 Å². The van der Waals surface area contributed by atoms with Gasteiger partial charge in [0.1, 0.15) is 0 Å². The Hall–Kier alpha value is -0.950. The van der Waals surface area contributed by atoms with E-state index in [1.165, 1.54) is 69.9 Å². The lowest BCUT2D eigenvalue weighted by atomic mass is 10.0. The number of aliphatic hydroxyl groups is 2. The number of rotatable bonds is 18. The first-order chi connectivity index (χ1) is 14.4. The first-order valence-corrected chi connectivity index (χ1v) is 13.3. The van der Waals surface area contributed by atoms with Crippen molar-refractivity contribution >= 4 is 10.0 Å². The Morgan fingerprint density at radius 2 is 1.30 bits per heavy atom. The zero-order valence-electron chi connectivity index (χ0n) is 19.0. The van der Waals surface area contributed by atoms with E-state index in [0.717, 1.165) is 24.8 Å². The van der Waals surface area contributed by atoms with Gasteiger partial charge < -0.3 is 10.2 Å². The molecular formula is C24H43NO4S. The lowest BCUT2D eigenvalue weighted by molar-refractivity contribution is 0.0915. The molecule has 3 N–H and O–H groups in total. The Morgan fingerprint density at radius 1 is 0.833 bits per heavy atom. The molecule has 1 aromatic rings. The molecule has 0 saturated carbocycles.